The third-order valence-corrected chi connectivity index (χ3v) is 4.65. The maximum absolute atomic E-state index is 12.6. The smallest absolute Gasteiger partial charge is 0.320 e. The molecule has 0 radical (unpaired) electrons. The Balaban J connectivity index is 1.44. The molecule has 1 aliphatic rings. The van der Waals surface area contributed by atoms with Crippen LogP contribution < -0.4 is 10.6 Å². The number of nitrogens with one attached hydrogen (secondary N) is 2. The van der Waals surface area contributed by atoms with Crippen LogP contribution in [0.5, 0.6) is 0 Å². The Morgan fingerprint density at radius 1 is 1.26 bits per heavy atom. The van der Waals surface area contributed by atoms with E-state index in [1.165, 1.54) is 0 Å². The van der Waals surface area contributed by atoms with Gasteiger partial charge < -0.3 is 5.32 Å². The van der Waals surface area contributed by atoms with Gasteiger partial charge in [0.2, 0.25) is 0 Å². The lowest BCUT2D eigenvalue weighted by molar-refractivity contribution is 0.246. The second-order valence-electron chi connectivity index (χ2n) is 6.91. The molecule has 1 fully saturated rings. The second-order valence-corrected chi connectivity index (χ2v) is 6.91. The standard InChI is InChI=1S/C20H22N6O/c1-14-6-9-22-17(11-14)19(16-4-5-16)25-20(27)24-18-7-10-23-26(18)13-15-3-2-8-21-12-15/h2-3,6-12,16,19H,4-5,13H2,1H3,(H2,24,25,27)/t19-/m0/s1. The van der Waals surface area contributed by atoms with Crippen molar-refractivity contribution in [1.29, 1.82) is 0 Å². The molecule has 0 bridgehead atoms. The minimum Gasteiger partial charge on any atom is -0.329 e. The van der Waals surface area contributed by atoms with Crippen LogP contribution in [-0.2, 0) is 6.54 Å². The fourth-order valence-electron chi connectivity index (χ4n) is 3.12. The van der Waals surface area contributed by atoms with Gasteiger partial charge in [0.1, 0.15) is 5.82 Å². The fourth-order valence-corrected chi connectivity index (χ4v) is 3.12. The fraction of sp³-hybridized carbons (Fsp3) is 0.300. The topological polar surface area (TPSA) is 84.7 Å². The van der Waals surface area contributed by atoms with Crippen molar-refractivity contribution in [3.63, 3.8) is 0 Å². The van der Waals surface area contributed by atoms with E-state index in [4.69, 9.17) is 0 Å². The molecule has 0 aromatic carbocycles. The third-order valence-electron chi connectivity index (χ3n) is 4.65. The first-order valence-corrected chi connectivity index (χ1v) is 9.10. The summed E-state index contributed by atoms with van der Waals surface area (Å²) < 4.78 is 1.74. The summed E-state index contributed by atoms with van der Waals surface area (Å²) in [5.41, 5.74) is 3.07. The van der Waals surface area contributed by atoms with Gasteiger partial charge in [-0.25, -0.2) is 9.48 Å². The van der Waals surface area contributed by atoms with E-state index < -0.39 is 0 Å². The first-order valence-electron chi connectivity index (χ1n) is 9.10. The molecule has 138 valence electrons. The number of aromatic nitrogens is 4. The van der Waals surface area contributed by atoms with Crippen LogP contribution in [0.4, 0.5) is 10.6 Å². The molecule has 3 aromatic heterocycles. The number of hydrogen-bond acceptors (Lipinski definition) is 4. The van der Waals surface area contributed by atoms with E-state index in [0.717, 1.165) is 29.7 Å². The average Bonchev–Trinajstić information content (AvgIpc) is 3.42. The Morgan fingerprint density at radius 2 is 2.15 bits per heavy atom. The van der Waals surface area contributed by atoms with Crippen molar-refractivity contribution < 1.29 is 4.79 Å². The highest BCUT2D eigenvalue weighted by molar-refractivity contribution is 5.88. The second kappa shape index (κ2) is 7.57. The zero-order valence-corrected chi connectivity index (χ0v) is 15.2. The van der Waals surface area contributed by atoms with Crippen LogP contribution in [0.15, 0.2) is 55.1 Å². The van der Waals surface area contributed by atoms with Crippen LogP contribution in [0.3, 0.4) is 0 Å². The summed E-state index contributed by atoms with van der Waals surface area (Å²) in [4.78, 5) is 21.2. The molecule has 27 heavy (non-hydrogen) atoms. The summed E-state index contributed by atoms with van der Waals surface area (Å²) in [5, 5.41) is 10.3. The Hall–Kier alpha value is -3.22. The number of carbonyl (C=O) groups is 1. The van der Waals surface area contributed by atoms with Gasteiger partial charge in [0.05, 0.1) is 24.5 Å². The summed E-state index contributed by atoms with van der Waals surface area (Å²) in [6.07, 6.45) is 9.21. The number of carbonyl (C=O) groups excluding carboxylic acids is 1. The molecule has 7 nitrogen and oxygen atoms in total. The predicted molar refractivity (Wildman–Crippen MR) is 102 cm³/mol. The highest BCUT2D eigenvalue weighted by Gasteiger charge is 2.34. The van der Waals surface area contributed by atoms with E-state index >= 15 is 0 Å². The number of nitrogens with zero attached hydrogens (tertiary/aromatic N) is 4. The van der Waals surface area contributed by atoms with Gasteiger partial charge in [0.25, 0.3) is 0 Å². The van der Waals surface area contributed by atoms with Gasteiger partial charge in [-0.1, -0.05) is 6.07 Å². The van der Waals surface area contributed by atoms with E-state index in [-0.39, 0.29) is 12.1 Å². The van der Waals surface area contributed by atoms with Crippen molar-refractivity contribution in [3.05, 3.63) is 71.9 Å². The van der Waals surface area contributed by atoms with E-state index in [1.54, 1.807) is 35.5 Å². The van der Waals surface area contributed by atoms with Crippen molar-refractivity contribution in [2.75, 3.05) is 5.32 Å². The highest BCUT2D eigenvalue weighted by Crippen LogP contribution is 2.40. The lowest BCUT2D eigenvalue weighted by Crippen LogP contribution is -2.34. The molecule has 3 aromatic rings. The van der Waals surface area contributed by atoms with Crippen LogP contribution in [0, 0.1) is 12.8 Å². The van der Waals surface area contributed by atoms with Crippen molar-refractivity contribution in [2.45, 2.75) is 32.4 Å². The zero-order valence-electron chi connectivity index (χ0n) is 15.2. The molecule has 1 atom stereocenters. The van der Waals surface area contributed by atoms with Crippen LogP contribution in [0.1, 0.15) is 35.7 Å². The van der Waals surface area contributed by atoms with E-state index in [0.29, 0.717) is 18.3 Å². The highest BCUT2D eigenvalue weighted by atomic mass is 16.2. The maximum atomic E-state index is 12.6. The summed E-state index contributed by atoms with van der Waals surface area (Å²) >= 11 is 0. The molecule has 2 N–H and O–H groups in total. The van der Waals surface area contributed by atoms with Crippen molar-refractivity contribution in [2.24, 2.45) is 5.92 Å². The molecule has 7 heteroatoms. The van der Waals surface area contributed by atoms with Gasteiger partial charge >= 0.3 is 6.03 Å². The van der Waals surface area contributed by atoms with Gasteiger partial charge in [0, 0.05) is 24.7 Å². The van der Waals surface area contributed by atoms with Crippen LogP contribution in [0.2, 0.25) is 0 Å². The summed E-state index contributed by atoms with van der Waals surface area (Å²) in [6.45, 7) is 2.58. The average molecular weight is 362 g/mol. The molecule has 4 rings (SSSR count). The number of anilines is 1. The van der Waals surface area contributed by atoms with E-state index in [2.05, 4.69) is 25.7 Å². The molecule has 0 spiro atoms. The number of pyridine rings is 2. The molecule has 0 saturated heterocycles. The monoisotopic (exact) mass is 362 g/mol. The number of urea groups is 1. The molecule has 0 aliphatic heterocycles. The van der Waals surface area contributed by atoms with Crippen molar-refractivity contribution in [1.82, 2.24) is 25.1 Å². The normalized spacial score (nSPS) is 14.6. The third kappa shape index (κ3) is 4.31. The maximum Gasteiger partial charge on any atom is 0.320 e. The summed E-state index contributed by atoms with van der Waals surface area (Å²) in [6, 6.07) is 9.33. The van der Waals surface area contributed by atoms with E-state index in [9.17, 15) is 4.79 Å². The zero-order chi connectivity index (χ0) is 18.6. The Morgan fingerprint density at radius 3 is 2.89 bits per heavy atom. The number of hydrogen-bond donors (Lipinski definition) is 2. The first-order chi connectivity index (χ1) is 13.2. The Bertz CT molecular complexity index is 919. The minimum absolute atomic E-state index is 0.0698. The Kier molecular flexibility index (Phi) is 4.82. The SMILES string of the molecule is Cc1ccnc([C@@H](NC(=O)Nc2ccnn2Cc2cccnc2)C2CC2)c1. The van der Waals surface area contributed by atoms with Crippen LogP contribution >= 0.6 is 0 Å². The van der Waals surface area contributed by atoms with Gasteiger partial charge in [-0.15, -0.1) is 0 Å². The summed E-state index contributed by atoms with van der Waals surface area (Å²) in [7, 11) is 0. The van der Waals surface area contributed by atoms with Crippen molar-refractivity contribution >= 4 is 11.8 Å². The van der Waals surface area contributed by atoms with Gasteiger partial charge in [-0.05, 0) is 55.0 Å². The first kappa shape index (κ1) is 17.2. The van der Waals surface area contributed by atoms with E-state index in [1.807, 2.05) is 31.2 Å². The largest absolute Gasteiger partial charge is 0.329 e. The van der Waals surface area contributed by atoms with Gasteiger partial charge in [-0.2, -0.15) is 5.10 Å². The quantitative estimate of drug-likeness (QED) is 0.705. The molecule has 2 amide bonds. The van der Waals surface area contributed by atoms with Crippen LogP contribution in [0.25, 0.3) is 0 Å². The number of amides is 2. The molecular formula is C20H22N6O. The summed E-state index contributed by atoms with van der Waals surface area (Å²) in [5.74, 6) is 1.09. The molecular weight excluding hydrogens is 340 g/mol. The van der Waals surface area contributed by atoms with Gasteiger partial charge in [-0.3, -0.25) is 15.3 Å². The van der Waals surface area contributed by atoms with Crippen LogP contribution in [-0.4, -0.2) is 25.8 Å². The molecule has 0 unspecified atom stereocenters. The number of aryl methyl sites for hydroxylation is 1. The Labute approximate surface area is 157 Å². The molecule has 1 saturated carbocycles. The minimum atomic E-state index is -0.247. The number of rotatable bonds is 6. The molecule has 1 aliphatic carbocycles. The molecule has 3 heterocycles. The lowest BCUT2D eigenvalue weighted by Gasteiger charge is -2.19. The van der Waals surface area contributed by atoms with Crippen molar-refractivity contribution in [3.8, 4) is 0 Å². The van der Waals surface area contributed by atoms with Gasteiger partial charge in [0.15, 0.2) is 0 Å². The predicted octanol–water partition coefficient (Wildman–Crippen LogP) is 3.30. The lowest BCUT2D eigenvalue weighted by atomic mass is 10.1.